The van der Waals surface area contributed by atoms with E-state index in [0.717, 1.165) is 3.59 Å². The summed E-state index contributed by atoms with van der Waals surface area (Å²) in [6.07, 6.45) is 0. The molecule has 0 N–H and O–H groups in total. The van der Waals surface area contributed by atoms with Gasteiger partial charge in [-0.25, -0.2) is 0 Å². The van der Waals surface area contributed by atoms with Gasteiger partial charge in [0.05, 0.1) is 0 Å². The minimum atomic E-state index is -2.31. The van der Waals surface area contributed by atoms with Crippen LogP contribution in [-0.4, -0.2) is 39.0 Å². The Morgan fingerprint density at radius 2 is 1.73 bits per heavy atom. The van der Waals surface area contributed by atoms with Gasteiger partial charge in [0.25, 0.3) is 0 Å². The normalized spacial score (nSPS) is 13.9. The molecular weight excluding hydrogens is 311 g/mol. The summed E-state index contributed by atoms with van der Waals surface area (Å²) in [5.41, 5.74) is 2.24. The predicted octanol–water partition coefficient (Wildman–Crippen LogP) is 3.23. The van der Waals surface area contributed by atoms with Gasteiger partial charge in [0.2, 0.25) is 0 Å². The topological polar surface area (TPSA) is 26.3 Å². The average molecular weight is 335 g/mol. The Bertz CT molecular complexity index is 259. The predicted molar refractivity (Wildman–Crippen MR) is 71.4 cm³/mol. The summed E-state index contributed by atoms with van der Waals surface area (Å²) in [6, 6.07) is 0. The first-order valence-corrected chi connectivity index (χ1v) is 19.0. The molecule has 15 heavy (non-hydrogen) atoms. The van der Waals surface area contributed by atoms with Crippen LogP contribution in [-0.2, 0) is 9.53 Å². The fraction of sp³-hybridized carbons (Fsp3) is 0.727. The van der Waals surface area contributed by atoms with E-state index in [2.05, 4.69) is 40.2 Å². The molecule has 0 spiro atoms. The van der Waals surface area contributed by atoms with Crippen molar-refractivity contribution in [2.75, 3.05) is 6.61 Å². The fourth-order valence-corrected chi connectivity index (χ4v) is 12.0. The molecule has 0 aromatic rings. The van der Waals surface area contributed by atoms with Gasteiger partial charge >= 0.3 is 99.2 Å². The molecule has 0 radical (unpaired) electrons. The summed E-state index contributed by atoms with van der Waals surface area (Å²) in [5.74, 6) is -0.0665. The Kier molecular flexibility index (Phi) is 5.61. The molecule has 88 valence electrons. The second kappa shape index (κ2) is 5.52. The zero-order valence-corrected chi connectivity index (χ0v) is 15.0. The number of hydrogen-bond donors (Lipinski definition) is 0. The number of carbonyl (C=O) groups is 1. The summed E-state index contributed by atoms with van der Waals surface area (Å²) in [4.78, 5) is 18.6. The van der Waals surface area contributed by atoms with Crippen LogP contribution in [0.4, 0.5) is 0 Å². The molecule has 0 aliphatic carbocycles. The third-order valence-electron chi connectivity index (χ3n) is 1.88. The van der Waals surface area contributed by atoms with Gasteiger partial charge in [0, 0.05) is 0 Å². The summed E-state index contributed by atoms with van der Waals surface area (Å²) < 4.78 is 6.18. The first-order chi connectivity index (χ1) is 6.58. The molecule has 4 heteroatoms. The van der Waals surface area contributed by atoms with Gasteiger partial charge in [-0.05, 0) is 0 Å². The molecule has 0 saturated carbocycles. The van der Waals surface area contributed by atoms with Gasteiger partial charge in [-0.2, -0.15) is 0 Å². The molecule has 2 nitrogen and oxygen atoms in total. The van der Waals surface area contributed by atoms with Crippen molar-refractivity contribution in [3.05, 3.63) is 9.29 Å². The summed E-state index contributed by atoms with van der Waals surface area (Å²) in [5, 5.41) is 0. The Morgan fingerprint density at radius 1 is 1.27 bits per heavy atom. The summed E-state index contributed by atoms with van der Waals surface area (Å²) in [6.45, 7) is 9.10. The number of rotatable bonds is 4. The second-order valence-electron chi connectivity index (χ2n) is 5.89. The zero-order chi connectivity index (χ0) is 12.3. The average Bonchev–Trinajstić information content (AvgIpc) is 1.97. The Labute approximate surface area is 99.0 Å². The van der Waals surface area contributed by atoms with Crippen molar-refractivity contribution in [1.29, 1.82) is 0 Å². The van der Waals surface area contributed by atoms with E-state index in [4.69, 9.17) is 4.74 Å². The fourth-order valence-electron chi connectivity index (χ4n) is 1.22. The zero-order valence-electron chi connectivity index (χ0n) is 11.1. The van der Waals surface area contributed by atoms with E-state index < -0.39 is 26.5 Å². The molecule has 0 aliphatic rings. The maximum atomic E-state index is 11.9. The first kappa shape index (κ1) is 15.2. The molecule has 0 bridgehead atoms. The third-order valence-corrected chi connectivity index (χ3v) is 9.47. The molecule has 0 saturated heterocycles. The van der Waals surface area contributed by atoms with E-state index in [0.29, 0.717) is 6.61 Å². The standard InChI is InChI=1S/C8H15O2Si.3CH3.Sn/c1-5-10-8(9)6-7-11(2,3)4;;;;/h7H,5H2,1-4H3;3*1H3;. The van der Waals surface area contributed by atoms with Crippen LogP contribution in [0, 0.1) is 0 Å². The Hall–Kier alpha value is 0.226. The molecule has 0 aromatic heterocycles. The van der Waals surface area contributed by atoms with E-state index in [-0.39, 0.29) is 5.97 Å². The van der Waals surface area contributed by atoms with Gasteiger partial charge in [0.15, 0.2) is 0 Å². The number of hydrogen-bond acceptors (Lipinski definition) is 2. The van der Waals surface area contributed by atoms with Crippen molar-refractivity contribution >= 4 is 32.4 Å². The Balaban J connectivity index is 5.09. The van der Waals surface area contributed by atoms with E-state index in [1.807, 2.05) is 6.92 Å². The number of ether oxygens (including phenoxy) is 1. The van der Waals surface area contributed by atoms with Crippen LogP contribution < -0.4 is 0 Å². The molecule has 0 rings (SSSR count). The molecule has 0 heterocycles. The quantitative estimate of drug-likeness (QED) is 0.448. The molecule has 0 unspecified atom stereocenters. The van der Waals surface area contributed by atoms with E-state index in [9.17, 15) is 4.79 Å². The van der Waals surface area contributed by atoms with Crippen LogP contribution in [0.1, 0.15) is 6.92 Å². The van der Waals surface area contributed by atoms with Gasteiger partial charge in [-0.3, -0.25) is 0 Å². The molecule has 0 atom stereocenters. The van der Waals surface area contributed by atoms with E-state index >= 15 is 0 Å². The van der Waals surface area contributed by atoms with Crippen molar-refractivity contribution in [3.63, 3.8) is 0 Å². The molecule has 0 aliphatic heterocycles. The van der Waals surface area contributed by atoms with Crippen LogP contribution in [0.2, 0.25) is 34.5 Å². The Morgan fingerprint density at radius 3 is 2.00 bits per heavy atom. The summed E-state index contributed by atoms with van der Waals surface area (Å²) in [7, 11) is -1.33. The van der Waals surface area contributed by atoms with Crippen LogP contribution in [0.15, 0.2) is 9.29 Å². The van der Waals surface area contributed by atoms with Crippen molar-refractivity contribution < 1.29 is 9.53 Å². The van der Waals surface area contributed by atoms with Gasteiger partial charge in [-0.15, -0.1) is 0 Å². The van der Waals surface area contributed by atoms with E-state index in [1.165, 1.54) is 0 Å². The van der Waals surface area contributed by atoms with Crippen molar-refractivity contribution in [2.45, 2.75) is 41.4 Å². The molecule has 0 aromatic carbocycles. The number of esters is 1. The van der Waals surface area contributed by atoms with Gasteiger partial charge < -0.3 is 0 Å². The van der Waals surface area contributed by atoms with Crippen molar-refractivity contribution in [2.24, 2.45) is 0 Å². The molecule has 0 fully saturated rings. The molecule has 0 amide bonds. The van der Waals surface area contributed by atoms with Crippen molar-refractivity contribution in [3.8, 4) is 0 Å². The van der Waals surface area contributed by atoms with Crippen molar-refractivity contribution in [1.82, 2.24) is 0 Å². The van der Waals surface area contributed by atoms with E-state index in [1.54, 1.807) is 0 Å². The summed E-state index contributed by atoms with van der Waals surface area (Å²) >= 11 is -2.31. The van der Waals surface area contributed by atoms with Crippen LogP contribution >= 0.6 is 0 Å². The maximum absolute atomic E-state index is 11.9. The van der Waals surface area contributed by atoms with Gasteiger partial charge in [-0.1, -0.05) is 0 Å². The first-order valence-electron chi connectivity index (χ1n) is 5.48. The monoisotopic (exact) mass is 336 g/mol. The third kappa shape index (κ3) is 6.40. The minimum absolute atomic E-state index is 0.0665. The van der Waals surface area contributed by atoms with Crippen LogP contribution in [0.3, 0.4) is 0 Å². The van der Waals surface area contributed by atoms with Gasteiger partial charge in [0.1, 0.15) is 0 Å². The SMILES string of the molecule is CCOC(=O)/[C](=C/[Si](C)(C)C)[Sn]([CH3])([CH3])[CH3]. The second-order valence-corrected chi connectivity index (χ2v) is 25.3. The molecular formula is C11H24O2SiSn. The number of carbonyl (C=O) groups excluding carboxylic acids is 1. The van der Waals surface area contributed by atoms with Crippen LogP contribution in [0.25, 0.3) is 0 Å². The van der Waals surface area contributed by atoms with Crippen LogP contribution in [0.5, 0.6) is 0 Å².